The van der Waals surface area contributed by atoms with Gasteiger partial charge in [0.1, 0.15) is 22.7 Å². The van der Waals surface area contributed by atoms with Crippen LogP contribution in [-0.2, 0) is 24.0 Å². The zero-order valence-corrected chi connectivity index (χ0v) is 15.2. The van der Waals surface area contributed by atoms with E-state index in [1.807, 2.05) is 12.1 Å². The summed E-state index contributed by atoms with van der Waals surface area (Å²) in [5, 5.41) is 0. The topological polar surface area (TPSA) is 18.5 Å². The van der Waals surface area contributed by atoms with Crippen LogP contribution in [0.4, 0.5) is 0 Å². The summed E-state index contributed by atoms with van der Waals surface area (Å²) in [5.41, 5.74) is 4.28. The molecule has 26 heavy (non-hydrogen) atoms. The van der Waals surface area contributed by atoms with Crippen LogP contribution in [0, 0.1) is 0 Å². The third kappa shape index (κ3) is 2.33. The van der Waals surface area contributed by atoms with E-state index in [9.17, 15) is 0 Å². The fraction of sp³-hybridized carbons (Fsp3) is 0.250. The molecule has 2 nitrogen and oxygen atoms in total. The van der Waals surface area contributed by atoms with Crippen LogP contribution in [0.5, 0.6) is 11.5 Å². The summed E-state index contributed by atoms with van der Waals surface area (Å²) in [6.07, 6.45) is 1.73. The lowest BCUT2D eigenvalue weighted by Gasteiger charge is -2.25. The minimum atomic E-state index is -0.304. The molecule has 2 unspecified atom stereocenters. The highest BCUT2D eigenvalue weighted by Gasteiger charge is 2.41. The van der Waals surface area contributed by atoms with Crippen molar-refractivity contribution in [3.05, 3.63) is 95.1 Å². The normalized spacial score (nSPS) is 25.9. The molecule has 0 aliphatic carbocycles. The Morgan fingerprint density at radius 2 is 1.00 bits per heavy atom. The van der Waals surface area contributed by atoms with Gasteiger partial charge in [-0.1, -0.05) is 60.7 Å². The van der Waals surface area contributed by atoms with E-state index in [0.29, 0.717) is 0 Å². The van der Waals surface area contributed by atoms with Gasteiger partial charge in [-0.15, -0.1) is 0 Å². The number of hydrogen-bond donors (Lipinski definition) is 0. The van der Waals surface area contributed by atoms with E-state index in [4.69, 9.17) is 9.47 Å². The average molecular weight is 342 g/mol. The maximum absolute atomic E-state index is 6.42. The first-order valence-corrected chi connectivity index (χ1v) is 9.21. The highest BCUT2D eigenvalue weighted by molar-refractivity contribution is 5.53. The fourth-order valence-electron chi connectivity index (χ4n) is 4.30. The Labute approximate surface area is 154 Å². The molecule has 0 spiro atoms. The Hall–Kier alpha value is -2.74. The van der Waals surface area contributed by atoms with Gasteiger partial charge >= 0.3 is 0 Å². The van der Waals surface area contributed by atoms with Gasteiger partial charge in [0.05, 0.1) is 0 Å². The molecule has 0 radical (unpaired) electrons. The lowest BCUT2D eigenvalue weighted by molar-refractivity contribution is 0.114. The monoisotopic (exact) mass is 342 g/mol. The molecule has 0 aromatic heterocycles. The molecule has 2 aliphatic rings. The van der Waals surface area contributed by atoms with Gasteiger partial charge in [0.2, 0.25) is 0 Å². The fourth-order valence-corrected chi connectivity index (χ4v) is 4.30. The Morgan fingerprint density at radius 3 is 1.38 bits per heavy atom. The van der Waals surface area contributed by atoms with Crippen LogP contribution >= 0.6 is 0 Å². The Morgan fingerprint density at radius 1 is 0.615 bits per heavy atom. The van der Waals surface area contributed by atoms with Crippen molar-refractivity contribution in [3.63, 3.8) is 0 Å². The van der Waals surface area contributed by atoms with E-state index in [1.54, 1.807) is 0 Å². The molecule has 2 aliphatic heterocycles. The molecule has 2 atom stereocenters. The predicted molar refractivity (Wildman–Crippen MR) is 103 cm³/mol. The van der Waals surface area contributed by atoms with E-state index in [2.05, 4.69) is 74.5 Å². The van der Waals surface area contributed by atoms with Crippen LogP contribution in [0.1, 0.15) is 36.1 Å². The van der Waals surface area contributed by atoms with Crippen molar-refractivity contribution in [2.24, 2.45) is 0 Å². The van der Waals surface area contributed by atoms with Crippen molar-refractivity contribution in [2.45, 2.75) is 37.9 Å². The molecule has 3 aromatic carbocycles. The third-order valence-electron chi connectivity index (χ3n) is 5.74. The van der Waals surface area contributed by atoms with Crippen LogP contribution in [0.25, 0.3) is 0 Å². The summed E-state index contributed by atoms with van der Waals surface area (Å²) >= 11 is 0. The van der Waals surface area contributed by atoms with Gasteiger partial charge in [-0.25, -0.2) is 0 Å². The molecule has 2 heteroatoms. The van der Waals surface area contributed by atoms with Gasteiger partial charge in [0, 0.05) is 24.0 Å². The first-order chi connectivity index (χ1) is 12.6. The number of hydrogen-bond acceptors (Lipinski definition) is 2. The van der Waals surface area contributed by atoms with Crippen LogP contribution in [0.2, 0.25) is 0 Å². The summed E-state index contributed by atoms with van der Waals surface area (Å²) in [4.78, 5) is 0. The van der Waals surface area contributed by atoms with Crippen LogP contribution in [-0.4, -0.2) is 0 Å². The highest BCUT2D eigenvalue weighted by Crippen LogP contribution is 2.48. The van der Waals surface area contributed by atoms with Crippen molar-refractivity contribution in [2.75, 3.05) is 0 Å². The maximum Gasteiger partial charge on any atom is 0.135 e. The van der Waals surface area contributed by atoms with Crippen molar-refractivity contribution in [1.29, 1.82) is 0 Å². The number of benzene rings is 3. The van der Waals surface area contributed by atoms with Gasteiger partial charge in [0.15, 0.2) is 0 Å². The lowest BCUT2D eigenvalue weighted by Crippen LogP contribution is -2.27. The second-order valence-electron chi connectivity index (χ2n) is 7.82. The second kappa shape index (κ2) is 5.38. The van der Waals surface area contributed by atoms with Crippen molar-refractivity contribution < 1.29 is 9.47 Å². The van der Waals surface area contributed by atoms with Gasteiger partial charge in [-0.2, -0.15) is 0 Å². The van der Waals surface area contributed by atoms with E-state index >= 15 is 0 Å². The maximum atomic E-state index is 6.42. The van der Waals surface area contributed by atoms with Crippen LogP contribution in [0.3, 0.4) is 0 Å². The molecule has 0 N–H and O–H groups in total. The van der Waals surface area contributed by atoms with E-state index in [-0.39, 0.29) is 11.2 Å². The predicted octanol–water partition coefficient (Wildman–Crippen LogP) is 5.39. The van der Waals surface area contributed by atoms with Crippen molar-refractivity contribution in [3.8, 4) is 11.5 Å². The number of fused-ring (bicyclic) bond motifs is 2. The molecule has 0 saturated carbocycles. The average Bonchev–Trinajstić information content (AvgIpc) is 3.17. The largest absolute Gasteiger partial charge is 0.482 e. The van der Waals surface area contributed by atoms with Gasteiger partial charge < -0.3 is 9.47 Å². The summed E-state index contributed by atoms with van der Waals surface area (Å²) in [7, 11) is 0. The van der Waals surface area contributed by atoms with E-state index < -0.39 is 0 Å². The minimum Gasteiger partial charge on any atom is -0.482 e. The molecule has 0 saturated heterocycles. The molecule has 5 rings (SSSR count). The molecule has 130 valence electrons. The van der Waals surface area contributed by atoms with E-state index in [1.165, 1.54) is 22.3 Å². The summed E-state index contributed by atoms with van der Waals surface area (Å²) < 4.78 is 12.8. The summed E-state index contributed by atoms with van der Waals surface area (Å²) in [6.45, 7) is 4.34. The Bertz CT molecular complexity index is 849. The van der Waals surface area contributed by atoms with Gasteiger partial charge in [0.25, 0.3) is 0 Å². The first kappa shape index (κ1) is 15.5. The SMILES string of the molecule is CC1(c2ccccc2)Cc2cc3c(cc2O1)CC(C)(c1ccccc1)O3. The second-order valence-corrected chi connectivity index (χ2v) is 7.82. The Balaban J connectivity index is 1.47. The first-order valence-electron chi connectivity index (χ1n) is 9.21. The van der Waals surface area contributed by atoms with Crippen molar-refractivity contribution >= 4 is 0 Å². The molecule has 0 bridgehead atoms. The smallest absolute Gasteiger partial charge is 0.135 e. The van der Waals surface area contributed by atoms with Gasteiger partial charge in [-0.05, 0) is 37.1 Å². The minimum absolute atomic E-state index is 0.304. The molecule has 3 aromatic rings. The Kier molecular flexibility index (Phi) is 3.21. The summed E-state index contributed by atoms with van der Waals surface area (Å²) in [5.74, 6) is 1.99. The third-order valence-corrected chi connectivity index (χ3v) is 5.74. The zero-order valence-electron chi connectivity index (χ0n) is 15.2. The number of ether oxygens (including phenoxy) is 2. The highest BCUT2D eigenvalue weighted by atomic mass is 16.5. The molecule has 0 amide bonds. The number of rotatable bonds is 2. The molecular weight excluding hydrogens is 320 g/mol. The van der Waals surface area contributed by atoms with Gasteiger partial charge in [-0.3, -0.25) is 0 Å². The molecule has 0 fully saturated rings. The lowest BCUT2D eigenvalue weighted by atomic mass is 9.89. The zero-order chi connectivity index (χ0) is 17.8. The molecule has 2 heterocycles. The quantitative estimate of drug-likeness (QED) is 0.622. The molecular formula is C24H22O2. The van der Waals surface area contributed by atoms with Crippen LogP contribution < -0.4 is 9.47 Å². The van der Waals surface area contributed by atoms with Crippen molar-refractivity contribution in [1.82, 2.24) is 0 Å². The van der Waals surface area contributed by atoms with E-state index in [0.717, 1.165) is 24.3 Å². The van der Waals surface area contributed by atoms with Crippen LogP contribution in [0.15, 0.2) is 72.8 Å². The standard InChI is InChI=1S/C24H22O2/c1-23(19-9-5-3-6-10-19)15-17-13-22-18(14-21(17)25-23)16-24(2,26-22)20-11-7-4-8-12-20/h3-14H,15-16H2,1-2H3. The summed E-state index contributed by atoms with van der Waals surface area (Å²) in [6, 6.07) is 25.3.